The van der Waals surface area contributed by atoms with Gasteiger partial charge in [0.05, 0.1) is 7.11 Å². The van der Waals surface area contributed by atoms with Crippen LogP contribution in [0, 0.1) is 6.92 Å². The van der Waals surface area contributed by atoms with E-state index in [2.05, 4.69) is 10.1 Å². The molecule has 0 atom stereocenters. The number of amides is 1. The smallest absolute Gasteiger partial charge is 0.387 e. The van der Waals surface area contributed by atoms with Crippen molar-refractivity contribution in [1.29, 1.82) is 0 Å². The number of aryl methyl sites for hydroxylation is 1. The van der Waals surface area contributed by atoms with Crippen LogP contribution in [0.4, 0.5) is 8.78 Å². The Morgan fingerprint density at radius 2 is 2.00 bits per heavy atom. The van der Waals surface area contributed by atoms with Crippen molar-refractivity contribution in [1.82, 2.24) is 5.32 Å². The maximum atomic E-state index is 12.3. The van der Waals surface area contributed by atoms with E-state index in [1.807, 2.05) is 19.1 Å². The third-order valence-corrected chi connectivity index (χ3v) is 4.39. The van der Waals surface area contributed by atoms with Crippen molar-refractivity contribution in [2.45, 2.75) is 20.1 Å². The maximum Gasteiger partial charge on any atom is 0.387 e. The molecule has 6 nitrogen and oxygen atoms in total. The average Bonchev–Trinajstić information content (AvgIpc) is 3.08. The van der Waals surface area contributed by atoms with Crippen molar-refractivity contribution < 1.29 is 32.6 Å². The molecule has 0 saturated heterocycles. The number of esters is 1. The van der Waals surface area contributed by atoms with Crippen LogP contribution in [0.1, 0.15) is 15.3 Å². The van der Waals surface area contributed by atoms with Crippen LogP contribution in [0.2, 0.25) is 0 Å². The number of hydrogen-bond donors (Lipinski definition) is 1. The molecule has 1 N–H and O–H groups in total. The van der Waals surface area contributed by atoms with Gasteiger partial charge < -0.3 is 19.5 Å². The number of nitrogens with one attached hydrogen (secondary N) is 1. The average molecular weight is 411 g/mol. The number of carbonyl (C=O) groups excluding carboxylic acids is 2. The van der Waals surface area contributed by atoms with Crippen LogP contribution in [-0.2, 0) is 20.9 Å². The molecule has 0 fully saturated rings. The van der Waals surface area contributed by atoms with Crippen LogP contribution in [0.5, 0.6) is 11.5 Å². The molecule has 0 bridgehead atoms. The van der Waals surface area contributed by atoms with Gasteiger partial charge in [0.1, 0.15) is 0 Å². The van der Waals surface area contributed by atoms with E-state index in [4.69, 9.17) is 9.47 Å². The zero-order valence-electron chi connectivity index (χ0n) is 15.2. The van der Waals surface area contributed by atoms with E-state index >= 15 is 0 Å². The molecule has 0 aliphatic carbocycles. The number of methoxy groups -OCH3 is 1. The standard InChI is InChI=1S/C19H19F2NO5S/c1-12-3-5-14(28-12)6-8-18(24)26-11-17(23)22-10-13-4-7-15(27-19(20)21)16(9-13)25-2/h3-9,19H,10-11H2,1-2H3,(H,22,23)/b8-6+. The molecule has 0 aliphatic rings. The maximum absolute atomic E-state index is 12.3. The van der Waals surface area contributed by atoms with Crippen molar-refractivity contribution in [3.05, 3.63) is 51.7 Å². The van der Waals surface area contributed by atoms with Gasteiger partial charge in [-0.15, -0.1) is 11.3 Å². The minimum atomic E-state index is -2.97. The second-order valence-electron chi connectivity index (χ2n) is 5.53. The van der Waals surface area contributed by atoms with Gasteiger partial charge in [-0.25, -0.2) is 4.79 Å². The lowest BCUT2D eigenvalue weighted by molar-refractivity contribution is -0.143. The van der Waals surface area contributed by atoms with Gasteiger partial charge in [-0.2, -0.15) is 8.78 Å². The summed E-state index contributed by atoms with van der Waals surface area (Å²) in [5, 5.41) is 2.56. The molecule has 0 aliphatic heterocycles. The fourth-order valence-corrected chi connectivity index (χ4v) is 2.92. The van der Waals surface area contributed by atoms with Crippen molar-refractivity contribution in [3.63, 3.8) is 0 Å². The molecule has 1 aromatic heterocycles. The van der Waals surface area contributed by atoms with E-state index in [1.165, 1.54) is 42.7 Å². The third kappa shape index (κ3) is 6.99. The second-order valence-corrected chi connectivity index (χ2v) is 6.85. The third-order valence-electron chi connectivity index (χ3n) is 3.42. The van der Waals surface area contributed by atoms with Crippen LogP contribution >= 0.6 is 11.3 Å². The molecule has 0 unspecified atom stereocenters. The summed E-state index contributed by atoms with van der Waals surface area (Å²) in [6.45, 7) is -1.34. The van der Waals surface area contributed by atoms with Gasteiger partial charge >= 0.3 is 12.6 Å². The predicted molar refractivity (Wildman–Crippen MR) is 101 cm³/mol. The minimum Gasteiger partial charge on any atom is -0.493 e. The number of hydrogen-bond acceptors (Lipinski definition) is 6. The van der Waals surface area contributed by atoms with E-state index < -0.39 is 25.1 Å². The predicted octanol–water partition coefficient (Wildman–Crippen LogP) is 3.54. The molecule has 1 heterocycles. The van der Waals surface area contributed by atoms with Crippen molar-refractivity contribution >= 4 is 29.3 Å². The van der Waals surface area contributed by atoms with Crippen molar-refractivity contribution in [3.8, 4) is 11.5 Å². The first-order chi connectivity index (χ1) is 13.4. The summed E-state index contributed by atoms with van der Waals surface area (Å²) in [5.74, 6) is -1.11. The molecule has 2 rings (SSSR count). The quantitative estimate of drug-likeness (QED) is 0.505. The molecule has 150 valence electrons. The van der Waals surface area contributed by atoms with E-state index in [-0.39, 0.29) is 18.0 Å². The Bertz CT molecular complexity index is 851. The van der Waals surface area contributed by atoms with E-state index in [1.54, 1.807) is 6.08 Å². The summed E-state index contributed by atoms with van der Waals surface area (Å²) in [7, 11) is 1.32. The molecule has 0 spiro atoms. The highest BCUT2D eigenvalue weighted by Gasteiger charge is 2.12. The number of alkyl halides is 2. The van der Waals surface area contributed by atoms with Crippen LogP contribution < -0.4 is 14.8 Å². The van der Waals surface area contributed by atoms with Gasteiger partial charge in [0.15, 0.2) is 18.1 Å². The Labute approximate surface area is 164 Å². The van der Waals surface area contributed by atoms with Gasteiger partial charge in [-0.3, -0.25) is 4.79 Å². The number of halogens is 2. The van der Waals surface area contributed by atoms with E-state index in [9.17, 15) is 18.4 Å². The zero-order valence-corrected chi connectivity index (χ0v) is 16.1. The largest absolute Gasteiger partial charge is 0.493 e. The van der Waals surface area contributed by atoms with Crippen LogP contribution in [0.25, 0.3) is 6.08 Å². The molecule has 2 aromatic rings. The van der Waals surface area contributed by atoms with Gasteiger partial charge in [0, 0.05) is 22.4 Å². The Morgan fingerprint density at radius 1 is 1.21 bits per heavy atom. The fourth-order valence-electron chi connectivity index (χ4n) is 2.14. The van der Waals surface area contributed by atoms with E-state index in [0.29, 0.717) is 5.56 Å². The summed E-state index contributed by atoms with van der Waals surface area (Å²) in [5.41, 5.74) is 0.603. The Morgan fingerprint density at radius 3 is 2.64 bits per heavy atom. The second kappa shape index (κ2) is 10.4. The number of thiophene rings is 1. The van der Waals surface area contributed by atoms with Crippen molar-refractivity contribution in [2.75, 3.05) is 13.7 Å². The number of benzene rings is 1. The minimum absolute atomic E-state index is 0.103. The lowest BCUT2D eigenvalue weighted by atomic mass is 10.2. The molecule has 28 heavy (non-hydrogen) atoms. The first kappa shape index (κ1) is 21.4. The fraction of sp³-hybridized carbons (Fsp3) is 0.263. The summed E-state index contributed by atoms with van der Waals surface area (Å²) in [4.78, 5) is 25.5. The van der Waals surface area contributed by atoms with Crippen molar-refractivity contribution in [2.24, 2.45) is 0 Å². The highest BCUT2D eigenvalue weighted by atomic mass is 32.1. The first-order valence-corrected chi connectivity index (χ1v) is 8.98. The molecular weight excluding hydrogens is 392 g/mol. The monoisotopic (exact) mass is 411 g/mol. The van der Waals surface area contributed by atoms with Crippen LogP contribution in [0.3, 0.4) is 0 Å². The highest BCUT2D eigenvalue weighted by molar-refractivity contribution is 7.12. The lowest BCUT2D eigenvalue weighted by Gasteiger charge is -2.12. The molecule has 0 radical (unpaired) electrons. The lowest BCUT2D eigenvalue weighted by Crippen LogP contribution is -2.28. The summed E-state index contributed by atoms with van der Waals surface area (Å²) in [6, 6.07) is 8.12. The Balaban J connectivity index is 1.78. The number of ether oxygens (including phenoxy) is 3. The van der Waals surface area contributed by atoms with Gasteiger partial charge in [0.2, 0.25) is 0 Å². The number of carbonyl (C=O) groups is 2. The van der Waals surface area contributed by atoms with Crippen LogP contribution in [-0.4, -0.2) is 32.2 Å². The zero-order chi connectivity index (χ0) is 20.5. The van der Waals surface area contributed by atoms with Gasteiger partial charge in [-0.05, 0) is 42.8 Å². The molecule has 1 aromatic carbocycles. The Hall–Kier alpha value is -2.94. The van der Waals surface area contributed by atoms with Gasteiger partial charge in [0.25, 0.3) is 5.91 Å². The number of rotatable bonds is 9. The first-order valence-electron chi connectivity index (χ1n) is 8.17. The topological polar surface area (TPSA) is 73.9 Å². The Kier molecular flexibility index (Phi) is 7.94. The molecule has 9 heteroatoms. The summed E-state index contributed by atoms with van der Waals surface area (Å²) < 4.78 is 38.8. The molecule has 1 amide bonds. The SMILES string of the molecule is COc1cc(CNC(=O)COC(=O)/C=C/c2ccc(C)s2)ccc1OC(F)F. The van der Waals surface area contributed by atoms with Crippen LogP contribution in [0.15, 0.2) is 36.4 Å². The summed E-state index contributed by atoms with van der Waals surface area (Å²) >= 11 is 1.53. The van der Waals surface area contributed by atoms with E-state index in [0.717, 1.165) is 9.75 Å². The molecule has 0 saturated carbocycles. The normalized spacial score (nSPS) is 10.9. The van der Waals surface area contributed by atoms with Gasteiger partial charge in [-0.1, -0.05) is 6.07 Å². The molecular formula is C19H19F2NO5S. The highest BCUT2D eigenvalue weighted by Crippen LogP contribution is 2.29. The summed E-state index contributed by atoms with van der Waals surface area (Å²) in [6.07, 6.45) is 2.87.